The Morgan fingerprint density at radius 2 is 2.25 bits per heavy atom. The average molecular weight is 338 g/mol. The van der Waals surface area contributed by atoms with Gasteiger partial charge >= 0.3 is 6.03 Å². The van der Waals surface area contributed by atoms with Crippen molar-refractivity contribution in [1.82, 2.24) is 10.2 Å². The Morgan fingerprint density at radius 3 is 2.96 bits per heavy atom. The molecule has 1 aliphatic heterocycles. The van der Waals surface area contributed by atoms with Crippen LogP contribution < -0.4 is 10.1 Å². The molecule has 2 unspecified atom stereocenters. The summed E-state index contributed by atoms with van der Waals surface area (Å²) >= 11 is 0. The predicted octanol–water partition coefficient (Wildman–Crippen LogP) is 2.93. The zero-order valence-corrected chi connectivity index (χ0v) is 14.2. The van der Waals surface area contributed by atoms with Crippen LogP contribution in [0.4, 0.5) is 9.18 Å². The number of nitrogens with zero attached hydrogens (tertiary/aromatic N) is 1. The van der Waals surface area contributed by atoms with E-state index in [4.69, 9.17) is 9.84 Å². The molecular weight excluding hydrogens is 311 g/mol. The zero-order valence-electron chi connectivity index (χ0n) is 14.2. The summed E-state index contributed by atoms with van der Waals surface area (Å²) in [5.41, 5.74) is 0. The Labute approximate surface area is 142 Å². The highest BCUT2D eigenvalue weighted by Gasteiger charge is 2.26. The van der Waals surface area contributed by atoms with E-state index in [2.05, 4.69) is 5.32 Å². The molecule has 2 amide bonds. The van der Waals surface area contributed by atoms with Gasteiger partial charge in [-0.2, -0.15) is 0 Å². The largest absolute Gasteiger partial charge is 0.486 e. The third kappa shape index (κ3) is 5.09. The number of benzene rings is 1. The molecule has 2 atom stereocenters. The highest BCUT2D eigenvalue weighted by atomic mass is 19.1. The van der Waals surface area contributed by atoms with Crippen molar-refractivity contribution in [2.75, 3.05) is 19.7 Å². The van der Waals surface area contributed by atoms with Crippen molar-refractivity contribution in [2.45, 2.75) is 51.2 Å². The van der Waals surface area contributed by atoms with E-state index in [1.54, 1.807) is 23.1 Å². The molecule has 2 rings (SSSR count). The number of aliphatic hydroxyl groups excluding tert-OH is 1. The lowest BCUT2D eigenvalue weighted by Gasteiger charge is -2.35. The van der Waals surface area contributed by atoms with E-state index < -0.39 is 5.82 Å². The number of piperidine rings is 1. The number of urea groups is 1. The lowest BCUT2D eigenvalue weighted by atomic mass is 10.0. The minimum absolute atomic E-state index is 0.0857. The predicted molar refractivity (Wildman–Crippen MR) is 90.6 cm³/mol. The summed E-state index contributed by atoms with van der Waals surface area (Å²) in [6.45, 7) is 3.06. The minimum atomic E-state index is -0.402. The molecule has 0 aromatic heterocycles. The van der Waals surface area contributed by atoms with E-state index >= 15 is 0 Å². The lowest BCUT2D eigenvalue weighted by molar-refractivity contribution is 0.125. The third-order valence-corrected chi connectivity index (χ3v) is 4.42. The van der Waals surface area contributed by atoms with Crippen molar-refractivity contribution < 1.29 is 19.0 Å². The monoisotopic (exact) mass is 338 g/mol. The molecule has 2 N–H and O–H groups in total. The maximum atomic E-state index is 13.7. The van der Waals surface area contributed by atoms with Gasteiger partial charge in [-0.25, -0.2) is 9.18 Å². The van der Waals surface area contributed by atoms with Gasteiger partial charge in [-0.3, -0.25) is 0 Å². The van der Waals surface area contributed by atoms with Gasteiger partial charge in [-0.15, -0.1) is 0 Å². The summed E-state index contributed by atoms with van der Waals surface area (Å²) in [6.07, 6.45) is 3.98. The number of halogens is 1. The first-order chi connectivity index (χ1) is 11.7. The summed E-state index contributed by atoms with van der Waals surface area (Å²) in [5, 5.41) is 12.0. The van der Waals surface area contributed by atoms with Crippen LogP contribution in [-0.2, 0) is 0 Å². The van der Waals surface area contributed by atoms with Crippen molar-refractivity contribution >= 4 is 6.03 Å². The van der Waals surface area contributed by atoms with E-state index in [0.717, 1.165) is 19.3 Å². The molecule has 134 valence electrons. The van der Waals surface area contributed by atoms with Crippen LogP contribution in [-0.4, -0.2) is 47.9 Å². The van der Waals surface area contributed by atoms with Gasteiger partial charge in [0.25, 0.3) is 0 Å². The van der Waals surface area contributed by atoms with Gasteiger partial charge < -0.3 is 20.1 Å². The van der Waals surface area contributed by atoms with Gasteiger partial charge in [0.2, 0.25) is 0 Å². The van der Waals surface area contributed by atoms with Crippen LogP contribution in [0, 0.1) is 5.82 Å². The fourth-order valence-corrected chi connectivity index (χ4v) is 3.01. The Kier molecular flexibility index (Phi) is 7.31. The Bertz CT molecular complexity index is 525. The number of ether oxygens (including phenoxy) is 1. The smallest absolute Gasteiger partial charge is 0.317 e. The summed E-state index contributed by atoms with van der Waals surface area (Å²) < 4.78 is 19.3. The molecule has 0 spiro atoms. The number of carbonyl (C=O) groups excluding carboxylic acids is 1. The van der Waals surface area contributed by atoms with E-state index in [1.807, 2.05) is 6.92 Å². The van der Waals surface area contributed by atoms with Gasteiger partial charge in [-0.1, -0.05) is 19.1 Å². The van der Waals surface area contributed by atoms with Crippen molar-refractivity contribution in [3.63, 3.8) is 0 Å². The Hall–Kier alpha value is -1.82. The molecule has 0 saturated carbocycles. The number of rotatable bonds is 7. The second kappa shape index (κ2) is 9.47. The average Bonchev–Trinajstić information content (AvgIpc) is 2.60. The van der Waals surface area contributed by atoms with Crippen molar-refractivity contribution in [2.24, 2.45) is 0 Å². The van der Waals surface area contributed by atoms with Crippen LogP contribution in [0.2, 0.25) is 0 Å². The van der Waals surface area contributed by atoms with Gasteiger partial charge in [0.15, 0.2) is 11.6 Å². The SMILES string of the molecule is CCC(CNC(=O)N1CCCCC1CCO)Oc1ccccc1F. The second-order valence-electron chi connectivity index (χ2n) is 6.12. The van der Waals surface area contributed by atoms with E-state index in [0.29, 0.717) is 25.9 Å². The second-order valence-corrected chi connectivity index (χ2v) is 6.12. The number of aliphatic hydroxyl groups is 1. The quantitative estimate of drug-likeness (QED) is 0.803. The molecule has 24 heavy (non-hydrogen) atoms. The lowest BCUT2D eigenvalue weighted by Crippen LogP contribution is -2.50. The fourth-order valence-electron chi connectivity index (χ4n) is 3.01. The summed E-state index contributed by atoms with van der Waals surface area (Å²) in [5.74, 6) is -0.198. The van der Waals surface area contributed by atoms with Crippen LogP contribution in [0.3, 0.4) is 0 Å². The molecule has 1 heterocycles. The fraction of sp³-hybridized carbons (Fsp3) is 0.611. The molecule has 1 aromatic carbocycles. The van der Waals surface area contributed by atoms with Crippen molar-refractivity contribution in [3.8, 4) is 5.75 Å². The topological polar surface area (TPSA) is 61.8 Å². The molecule has 1 aliphatic rings. The summed E-state index contributed by atoms with van der Waals surface area (Å²) in [6, 6.07) is 6.23. The summed E-state index contributed by atoms with van der Waals surface area (Å²) in [4.78, 5) is 14.2. The van der Waals surface area contributed by atoms with Crippen LogP contribution in [0.15, 0.2) is 24.3 Å². The molecule has 0 aliphatic carbocycles. The van der Waals surface area contributed by atoms with Crippen LogP contribution in [0.5, 0.6) is 5.75 Å². The van der Waals surface area contributed by atoms with Gasteiger partial charge in [0.05, 0.1) is 6.54 Å². The third-order valence-electron chi connectivity index (χ3n) is 4.42. The van der Waals surface area contributed by atoms with Gasteiger partial charge in [0.1, 0.15) is 6.10 Å². The first-order valence-corrected chi connectivity index (χ1v) is 8.72. The van der Waals surface area contributed by atoms with Crippen LogP contribution in [0.1, 0.15) is 39.0 Å². The molecule has 0 bridgehead atoms. The molecule has 0 radical (unpaired) electrons. The molecule has 6 heteroatoms. The number of amides is 2. The van der Waals surface area contributed by atoms with Gasteiger partial charge in [-0.05, 0) is 44.2 Å². The van der Waals surface area contributed by atoms with Crippen molar-refractivity contribution in [1.29, 1.82) is 0 Å². The number of para-hydroxylation sites is 1. The minimum Gasteiger partial charge on any atom is -0.486 e. The number of likely N-dealkylation sites (tertiary alicyclic amines) is 1. The maximum absolute atomic E-state index is 13.7. The van der Waals surface area contributed by atoms with Crippen molar-refractivity contribution in [3.05, 3.63) is 30.1 Å². The van der Waals surface area contributed by atoms with E-state index in [-0.39, 0.29) is 30.5 Å². The highest BCUT2D eigenvalue weighted by Crippen LogP contribution is 2.20. The standard InChI is InChI=1S/C18H27FN2O3/c1-2-15(24-17-9-4-3-8-16(17)19)13-20-18(23)21-11-6-5-7-14(21)10-12-22/h3-4,8-9,14-15,22H,2,5-7,10-13H2,1H3,(H,20,23). The molecule has 1 fully saturated rings. The van der Waals surface area contributed by atoms with E-state index in [1.165, 1.54) is 6.07 Å². The highest BCUT2D eigenvalue weighted by molar-refractivity contribution is 5.74. The molecule has 1 saturated heterocycles. The number of nitrogens with one attached hydrogen (secondary N) is 1. The molecule has 5 nitrogen and oxygen atoms in total. The van der Waals surface area contributed by atoms with Crippen LogP contribution >= 0.6 is 0 Å². The van der Waals surface area contributed by atoms with Crippen LogP contribution in [0.25, 0.3) is 0 Å². The zero-order chi connectivity index (χ0) is 17.4. The Morgan fingerprint density at radius 1 is 1.46 bits per heavy atom. The van der Waals surface area contributed by atoms with Gasteiger partial charge in [0, 0.05) is 19.2 Å². The first kappa shape index (κ1) is 18.5. The summed E-state index contributed by atoms with van der Waals surface area (Å²) in [7, 11) is 0. The Balaban J connectivity index is 1.87. The first-order valence-electron chi connectivity index (χ1n) is 8.72. The number of carbonyl (C=O) groups is 1. The van der Waals surface area contributed by atoms with E-state index in [9.17, 15) is 9.18 Å². The number of hydrogen-bond donors (Lipinski definition) is 2. The maximum Gasteiger partial charge on any atom is 0.317 e. The molecule has 1 aromatic rings. The molecular formula is C18H27FN2O3. The normalized spacial score (nSPS) is 19.0. The number of hydrogen-bond acceptors (Lipinski definition) is 3.